The fraction of sp³-hybridized carbons (Fsp3) is 0.667. The van der Waals surface area contributed by atoms with Crippen LogP contribution in [-0.4, -0.2) is 50.4 Å². The topological polar surface area (TPSA) is 54.0 Å². The van der Waals surface area contributed by atoms with Crippen molar-refractivity contribution in [3.05, 3.63) is 17.7 Å². The molecule has 0 radical (unpaired) electrons. The van der Waals surface area contributed by atoms with Crippen molar-refractivity contribution in [2.24, 2.45) is 0 Å². The van der Waals surface area contributed by atoms with Gasteiger partial charge in [-0.25, -0.2) is 0 Å². The molecule has 2 rings (SSSR count). The molecular formula is C18H30N2O3. The van der Waals surface area contributed by atoms with Gasteiger partial charge in [-0.1, -0.05) is 26.2 Å². The van der Waals surface area contributed by atoms with E-state index in [4.69, 9.17) is 9.47 Å². The summed E-state index contributed by atoms with van der Waals surface area (Å²) in [6.07, 6.45) is 4.59. The zero-order chi connectivity index (χ0) is 16.7. The van der Waals surface area contributed by atoms with E-state index < -0.39 is 0 Å². The monoisotopic (exact) mass is 322 g/mol. The minimum atomic E-state index is 0.185. The van der Waals surface area contributed by atoms with Crippen molar-refractivity contribution >= 4 is 0 Å². The van der Waals surface area contributed by atoms with Crippen molar-refractivity contribution in [1.29, 1.82) is 0 Å². The molecule has 0 amide bonds. The van der Waals surface area contributed by atoms with Gasteiger partial charge in [0, 0.05) is 44.4 Å². The Morgan fingerprint density at radius 1 is 1.17 bits per heavy atom. The predicted octanol–water partition coefficient (Wildman–Crippen LogP) is 2.94. The Kier molecular flexibility index (Phi) is 6.99. The van der Waals surface area contributed by atoms with Gasteiger partial charge in [-0.3, -0.25) is 4.90 Å². The van der Waals surface area contributed by atoms with Crippen LogP contribution in [0.3, 0.4) is 0 Å². The number of piperazine rings is 1. The summed E-state index contributed by atoms with van der Waals surface area (Å²) >= 11 is 0. The number of benzene rings is 1. The minimum absolute atomic E-state index is 0.185. The number of phenolic OH excluding ortho intramolecular Hbond substituents is 1. The van der Waals surface area contributed by atoms with Crippen LogP contribution in [0.25, 0.3) is 0 Å². The Labute approximate surface area is 139 Å². The molecule has 1 heterocycles. The lowest BCUT2D eigenvalue weighted by atomic mass is 9.96. The number of nitrogens with zero attached hydrogens (tertiary/aromatic N) is 1. The summed E-state index contributed by atoms with van der Waals surface area (Å²) in [6, 6.07) is 3.74. The van der Waals surface area contributed by atoms with Crippen LogP contribution in [0.5, 0.6) is 17.2 Å². The maximum atomic E-state index is 10.6. The van der Waals surface area contributed by atoms with Crippen molar-refractivity contribution in [2.45, 2.75) is 38.6 Å². The highest BCUT2D eigenvalue weighted by molar-refractivity contribution is 5.51. The summed E-state index contributed by atoms with van der Waals surface area (Å²) in [7, 11) is 3.25. The second-order valence-corrected chi connectivity index (χ2v) is 6.06. The van der Waals surface area contributed by atoms with E-state index in [-0.39, 0.29) is 11.8 Å². The van der Waals surface area contributed by atoms with E-state index in [1.165, 1.54) is 12.8 Å². The number of aromatic hydroxyl groups is 1. The number of methoxy groups -OCH3 is 2. The fourth-order valence-corrected chi connectivity index (χ4v) is 3.30. The van der Waals surface area contributed by atoms with Crippen LogP contribution in [0.4, 0.5) is 0 Å². The Morgan fingerprint density at radius 3 is 2.52 bits per heavy atom. The Bertz CT molecular complexity index is 487. The lowest BCUT2D eigenvalue weighted by molar-refractivity contribution is 0.157. The lowest BCUT2D eigenvalue weighted by Crippen LogP contribution is -2.45. The van der Waals surface area contributed by atoms with Crippen LogP contribution in [0.2, 0.25) is 0 Å². The molecule has 0 spiro atoms. The summed E-state index contributed by atoms with van der Waals surface area (Å²) in [6.45, 7) is 6.18. The smallest absolute Gasteiger partial charge is 0.131 e. The summed E-state index contributed by atoms with van der Waals surface area (Å²) < 4.78 is 10.8. The first-order valence-corrected chi connectivity index (χ1v) is 8.60. The molecule has 0 bridgehead atoms. The van der Waals surface area contributed by atoms with Crippen LogP contribution < -0.4 is 14.8 Å². The van der Waals surface area contributed by atoms with E-state index in [0.29, 0.717) is 11.5 Å². The molecule has 0 aliphatic carbocycles. The molecule has 5 heteroatoms. The number of unbranched alkanes of at least 4 members (excludes halogenated alkanes) is 2. The molecule has 0 unspecified atom stereocenters. The van der Waals surface area contributed by atoms with Gasteiger partial charge in [0.05, 0.1) is 19.8 Å². The van der Waals surface area contributed by atoms with E-state index in [1.54, 1.807) is 20.3 Å². The third kappa shape index (κ3) is 4.52. The predicted molar refractivity (Wildman–Crippen MR) is 92.5 cm³/mol. The first kappa shape index (κ1) is 17.9. The maximum Gasteiger partial charge on any atom is 0.131 e. The molecule has 1 aromatic rings. The van der Waals surface area contributed by atoms with Gasteiger partial charge < -0.3 is 19.9 Å². The molecule has 1 atom stereocenters. The van der Waals surface area contributed by atoms with Crippen LogP contribution in [0.1, 0.15) is 44.2 Å². The van der Waals surface area contributed by atoms with Crippen molar-refractivity contribution < 1.29 is 14.6 Å². The van der Waals surface area contributed by atoms with E-state index in [0.717, 1.165) is 44.6 Å². The van der Waals surface area contributed by atoms with Crippen molar-refractivity contribution in [3.63, 3.8) is 0 Å². The Hall–Kier alpha value is -1.46. The van der Waals surface area contributed by atoms with Gasteiger partial charge in [0.2, 0.25) is 0 Å². The molecule has 130 valence electrons. The highest BCUT2D eigenvalue weighted by Gasteiger charge is 2.27. The van der Waals surface area contributed by atoms with E-state index >= 15 is 0 Å². The summed E-state index contributed by atoms with van der Waals surface area (Å²) in [5.74, 6) is 1.60. The number of hydrogen-bond donors (Lipinski definition) is 2. The second-order valence-electron chi connectivity index (χ2n) is 6.06. The Balaban J connectivity index is 2.32. The molecule has 5 nitrogen and oxygen atoms in total. The standard InChI is InChI=1S/C18H30N2O3/c1-4-5-6-7-15(20-10-8-19-9-11-20)18-16(21)12-14(22-2)13-17(18)23-3/h12-13,15,19,21H,4-11H2,1-3H3/t15-/m1/s1. The van der Waals surface area contributed by atoms with Crippen LogP contribution in [0.15, 0.2) is 12.1 Å². The van der Waals surface area contributed by atoms with Crippen LogP contribution in [0, 0.1) is 0 Å². The molecule has 1 saturated heterocycles. The van der Waals surface area contributed by atoms with Crippen LogP contribution in [-0.2, 0) is 0 Å². The number of hydrogen-bond acceptors (Lipinski definition) is 5. The van der Waals surface area contributed by atoms with Gasteiger partial charge in [-0.15, -0.1) is 0 Å². The summed E-state index contributed by atoms with van der Waals surface area (Å²) in [5.41, 5.74) is 0.895. The highest BCUT2D eigenvalue weighted by atomic mass is 16.5. The van der Waals surface area contributed by atoms with E-state index in [9.17, 15) is 5.11 Å². The summed E-state index contributed by atoms with van der Waals surface area (Å²) in [4.78, 5) is 2.45. The normalized spacial score (nSPS) is 17.0. The summed E-state index contributed by atoms with van der Waals surface area (Å²) in [5, 5.41) is 14.0. The highest BCUT2D eigenvalue weighted by Crippen LogP contribution is 2.42. The van der Waals surface area contributed by atoms with E-state index in [2.05, 4.69) is 17.1 Å². The molecule has 0 saturated carbocycles. The first-order valence-electron chi connectivity index (χ1n) is 8.60. The molecule has 0 aromatic heterocycles. The molecule has 23 heavy (non-hydrogen) atoms. The molecule has 1 aliphatic rings. The third-order valence-corrected chi connectivity index (χ3v) is 4.56. The van der Waals surface area contributed by atoms with Crippen molar-refractivity contribution in [1.82, 2.24) is 10.2 Å². The fourth-order valence-electron chi connectivity index (χ4n) is 3.30. The lowest BCUT2D eigenvalue weighted by Gasteiger charge is -2.36. The largest absolute Gasteiger partial charge is 0.507 e. The Morgan fingerprint density at radius 2 is 1.91 bits per heavy atom. The van der Waals surface area contributed by atoms with Gasteiger partial charge in [0.1, 0.15) is 17.2 Å². The number of nitrogens with one attached hydrogen (secondary N) is 1. The number of rotatable bonds is 8. The molecule has 1 fully saturated rings. The van der Waals surface area contributed by atoms with Gasteiger partial charge in [0.15, 0.2) is 0 Å². The average molecular weight is 322 g/mol. The zero-order valence-electron chi connectivity index (χ0n) is 14.6. The maximum absolute atomic E-state index is 10.6. The first-order chi connectivity index (χ1) is 11.2. The molecular weight excluding hydrogens is 292 g/mol. The second kappa shape index (κ2) is 8.99. The third-order valence-electron chi connectivity index (χ3n) is 4.56. The molecule has 2 N–H and O–H groups in total. The average Bonchev–Trinajstić information content (AvgIpc) is 2.59. The van der Waals surface area contributed by atoms with Gasteiger partial charge in [-0.2, -0.15) is 0 Å². The van der Waals surface area contributed by atoms with Crippen LogP contribution >= 0.6 is 0 Å². The molecule has 1 aliphatic heterocycles. The van der Waals surface area contributed by atoms with E-state index in [1.807, 2.05) is 6.07 Å². The zero-order valence-corrected chi connectivity index (χ0v) is 14.6. The van der Waals surface area contributed by atoms with Gasteiger partial charge in [0.25, 0.3) is 0 Å². The number of phenols is 1. The molecule has 1 aromatic carbocycles. The SMILES string of the molecule is CCCCC[C@H](c1c(O)cc(OC)cc1OC)N1CCNCC1. The van der Waals surface area contributed by atoms with Crippen molar-refractivity contribution in [3.8, 4) is 17.2 Å². The van der Waals surface area contributed by atoms with Gasteiger partial charge >= 0.3 is 0 Å². The van der Waals surface area contributed by atoms with Crippen molar-refractivity contribution in [2.75, 3.05) is 40.4 Å². The quantitative estimate of drug-likeness (QED) is 0.721. The minimum Gasteiger partial charge on any atom is -0.507 e. The number of ether oxygens (including phenoxy) is 2. The van der Waals surface area contributed by atoms with Gasteiger partial charge in [-0.05, 0) is 6.42 Å².